The minimum atomic E-state index is 0.451. The maximum Gasteiger partial charge on any atom is 0.0530 e. The van der Waals surface area contributed by atoms with E-state index < -0.39 is 0 Å². The fourth-order valence-corrected chi connectivity index (χ4v) is 6.33. The second-order valence-corrected chi connectivity index (χ2v) is 9.29. The maximum absolute atomic E-state index is 2.40. The smallest absolute Gasteiger partial charge is 0.0530 e. The van der Waals surface area contributed by atoms with Crippen LogP contribution in [0.2, 0.25) is 0 Å². The number of nitrogens with zero attached hydrogens (tertiary/aromatic N) is 1. The summed E-state index contributed by atoms with van der Waals surface area (Å²) in [5, 5.41) is 1.41. The van der Waals surface area contributed by atoms with E-state index in [2.05, 4.69) is 103 Å². The molecule has 154 valence electrons. The number of fused-ring (bicyclic) bond motifs is 8. The van der Waals surface area contributed by atoms with Crippen LogP contribution in [0.4, 0.5) is 0 Å². The predicted octanol–water partition coefficient (Wildman–Crippen LogP) is 7.49. The van der Waals surface area contributed by atoms with Gasteiger partial charge in [0.25, 0.3) is 0 Å². The van der Waals surface area contributed by atoms with Crippen LogP contribution in [-0.4, -0.2) is 4.57 Å². The SMILES string of the molecule is Cn1c2c(c3ccccc31)C(CCc1cccc3c1Cc1ccccc1-3)c1ccccc1-2. The van der Waals surface area contributed by atoms with Crippen molar-refractivity contribution >= 4 is 10.9 Å². The molecule has 4 aromatic carbocycles. The predicted molar refractivity (Wildman–Crippen MR) is 133 cm³/mol. The van der Waals surface area contributed by atoms with Gasteiger partial charge in [0.05, 0.1) is 5.69 Å². The van der Waals surface area contributed by atoms with Crippen LogP contribution >= 0.6 is 0 Å². The number of aromatic nitrogens is 1. The zero-order valence-electron chi connectivity index (χ0n) is 18.3. The first-order valence-corrected chi connectivity index (χ1v) is 11.7. The van der Waals surface area contributed by atoms with E-state index in [0.29, 0.717) is 5.92 Å². The van der Waals surface area contributed by atoms with Gasteiger partial charge >= 0.3 is 0 Å². The molecule has 32 heavy (non-hydrogen) atoms. The molecule has 0 radical (unpaired) electrons. The van der Waals surface area contributed by atoms with Gasteiger partial charge in [0.15, 0.2) is 0 Å². The fourth-order valence-electron chi connectivity index (χ4n) is 6.33. The normalized spacial score (nSPS) is 15.5. The van der Waals surface area contributed by atoms with E-state index in [-0.39, 0.29) is 0 Å². The lowest BCUT2D eigenvalue weighted by Crippen LogP contribution is -2.01. The molecule has 1 nitrogen and oxygen atoms in total. The van der Waals surface area contributed by atoms with Crippen LogP contribution in [0.25, 0.3) is 33.3 Å². The lowest BCUT2D eigenvalue weighted by atomic mass is 9.88. The van der Waals surface area contributed by atoms with Gasteiger partial charge in [-0.1, -0.05) is 84.9 Å². The van der Waals surface area contributed by atoms with Gasteiger partial charge in [0.2, 0.25) is 0 Å². The van der Waals surface area contributed by atoms with Gasteiger partial charge in [-0.3, -0.25) is 0 Å². The lowest BCUT2D eigenvalue weighted by Gasteiger charge is -2.16. The quantitative estimate of drug-likeness (QED) is 0.284. The average Bonchev–Trinajstić information content (AvgIpc) is 3.47. The highest BCUT2D eigenvalue weighted by molar-refractivity contribution is 5.96. The molecular weight excluding hydrogens is 386 g/mol. The Bertz CT molecular complexity index is 1520. The summed E-state index contributed by atoms with van der Waals surface area (Å²) >= 11 is 0. The zero-order chi connectivity index (χ0) is 21.2. The molecule has 1 aromatic heterocycles. The first kappa shape index (κ1) is 18.0. The summed E-state index contributed by atoms with van der Waals surface area (Å²) < 4.78 is 2.40. The van der Waals surface area contributed by atoms with Gasteiger partial charge in [-0.05, 0) is 64.3 Å². The maximum atomic E-state index is 2.40. The minimum Gasteiger partial charge on any atom is -0.343 e. The Morgan fingerprint density at radius 2 is 1.50 bits per heavy atom. The highest BCUT2D eigenvalue weighted by atomic mass is 15.0. The van der Waals surface area contributed by atoms with Gasteiger partial charge in [0.1, 0.15) is 0 Å². The van der Waals surface area contributed by atoms with E-state index >= 15 is 0 Å². The number of para-hydroxylation sites is 1. The van der Waals surface area contributed by atoms with Crippen LogP contribution in [0.3, 0.4) is 0 Å². The third kappa shape index (κ3) is 2.40. The molecule has 0 saturated heterocycles. The molecule has 1 unspecified atom stereocenters. The standard InChI is InChI=1S/C31H25N/c1-32-29-16-7-6-14-27(29)30-25(24-12-4-5-13-26(24)31(30)32)18-17-20-10-8-15-23-22-11-3-2-9-21(22)19-28(20)23/h2-16,25H,17-19H2,1H3. The largest absolute Gasteiger partial charge is 0.343 e. The average molecular weight is 412 g/mol. The molecule has 0 fully saturated rings. The Morgan fingerprint density at radius 3 is 2.44 bits per heavy atom. The molecule has 7 rings (SSSR count). The van der Waals surface area contributed by atoms with Crippen molar-refractivity contribution in [1.82, 2.24) is 4.57 Å². The fraction of sp³-hybridized carbons (Fsp3) is 0.161. The number of rotatable bonds is 3. The van der Waals surface area contributed by atoms with Gasteiger partial charge in [0, 0.05) is 29.4 Å². The van der Waals surface area contributed by atoms with Crippen molar-refractivity contribution in [3.8, 4) is 22.4 Å². The summed E-state index contributed by atoms with van der Waals surface area (Å²) in [4.78, 5) is 0. The van der Waals surface area contributed by atoms with Crippen LogP contribution in [0.15, 0.2) is 91.0 Å². The number of hydrogen-bond donors (Lipinski definition) is 0. The molecule has 0 bridgehead atoms. The Labute approximate surface area is 189 Å². The highest BCUT2D eigenvalue weighted by Gasteiger charge is 2.33. The lowest BCUT2D eigenvalue weighted by molar-refractivity contribution is 0.730. The molecule has 1 atom stereocenters. The monoisotopic (exact) mass is 411 g/mol. The highest BCUT2D eigenvalue weighted by Crippen LogP contribution is 2.51. The molecule has 0 N–H and O–H groups in total. The van der Waals surface area contributed by atoms with Crippen molar-refractivity contribution < 1.29 is 0 Å². The van der Waals surface area contributed by atoms with Crippen molar-refractivity contribution in [3.05, 3.63) is 119 Å². The topological polar surface area (TPSA) is 4.93 Å². The van der Waals surface area contributed by atoms with E-state index in [9.17, 15) is 0 Å². The molecule has 0 saturated carbocycles. The minimum absolute atomic E-state index is 0.451. The van der Waals surface area contributed by atoms with Crippen LogP contribution in [0.5, 0.6) is 0 Å². The second-order valence-electron chi connectivity index (χ2n) is 9.29. The number of hydrogen-bond acceptors (Lipinski definition) is 0. The third-order valence-electron chi connectivity index (χ3n) is 7.74. The Hall–Kier alpha value is -3.58. The Morgan fingerprint density at radius 1 is 0.750 bits per heavy atom. The number of benzene rings is 4. The second kappa shape index (κ2) is 6.71. The van der Waals surface area contributed by atoms with Gasteiger partial charge < -0.3 is 4.57 Å². The first-order chi connectivity index (χ1) is 15.8. The molecule has 2 aliphatic carbocycles. The summed E-state index contributed by atoms with van der Waals surface area (Å²) in [6, 6.07) is 33.8. The molecule has 1 heterocycles. The van der Waals surface area contributed by atoms with Crippen molar-refractivity contribution in [3.63, 3.8) is 0 Å². The van der Waals surface area contributed by atoms with Crippen LogP contribution in [0.1, 0.15) is 40.2 Å². The summed E-state index contributed by atoms with van der Waals surface area (Å²) in [6.07, 6.45) is 3.33. The van der Waals surface area contributed by atoms with Crippen molar-refractivity contribution in [2.75, 3.05) is 0 Å². The first-order valence-electron chi connectivity index (χ1n) is 11.7. The van der Waals surface area contributed by atoms with E-state index in [1.807, 2.05) is 0 Å². The Kier molecular flexibility index (Phi) is 3.78. The van der Waals surface area contributed by atoms with E-state index in [1.165, 1.54) is 61.1 Å². The van der Waals surface area contributed by atoms with E-state index in [0.717, 1.165) is 19.3 Å². The van der Waals surface area contributed by atoms with Crippen molar-refractivity contribution in [1.29, 1.82) is 0 Å². The van der Waals surface area contributed by atoms with Crippen molar-refractivity contribution in [2.24, 2.45) is 7.05 Å². The van der Waals surface area contributed by atoms with Crippen LogP contribution < -0.4 is 0 Å². The van der Waals surface area contributed by atoms with Crippen LogP contribution in [0, 0.1) is 0 Å². The Balaban J connectivity index is 1.31. The van der Waals surface area contributed by atoms with Crippen molar-refractivity contribution in [2.45, 2.75) is 25.2 Å². The summed E-state index contributed by atoms with van der Waals surface area (Å²) in [5.41, 5.74) is 14.6. The van der Waals surface area contributed by atoms with Gasteiger partial charge in [-0.15, -0.1) is 0 Å². The summed E-state index contributed by atoms with van der Waals surface area (Å²) in [6.45, 7) is 0. The summed E-state index contributed by atoms with van der Waals surface area (Å²) in [5.74, 6) is 0.451. The van der Waals surface area contributed by atoms with Gasteiger partial charge in [-0.25, -0.2) is 0 Å². The van der Waals surface area contributed by atoms with E-state index in [1.54, 1.807) is 0 Å². The van der Waals surface area contributed by atoms with Gasteiger partial charge in [-0.2, -0.15) is 0 Å². The van der Waals surface area contributed by atoms with Crippen LogP contribution in [-0.2, 0) is 19.9 Å². The molecule has 5 aromatic rings. The zero-order valence-corrected chi connectivity index (χ0v) is 18.3. The number of aryl methyl sites for hydroxylation is 2. The molecule has 0 spiro atoms. The molecular formula is C31H25N. The molecule has 0 aliphatic heterocycles. The molecule has 1 heteroatoms. The summed E-state index contributed by atoms with van der Waals surface area (Å²) in [7, 11) is 2.22. The molecule has 2 aliphatic rings. The molecule has 0 amide bonds. The third-order valence-corrected chi connectivity index (χ3v) is 7.74. The van der Waals surface area contributed by atoms with E-state index in [4.69, 9.17) is 0 Å².